The van der Waals surface area contributed by atoms with Gasteiger partial charge in [0.15, 0.2) is 0 Å². The molecule has 9 heteroatoms. The SMILES string of the molecule is Cc1ccccc1C1CCC([C@]2(NC(=O)CNC(=O)c3cccc(C(F)(F)F)c3)CNC[C@@H]2O)CC1. The van der Waals surface area contributed by atoms with Gasteiger partial charge in [-0.1, -0.05) is 30.3 Å². The Balaban J connectivity index is 1.38. The van der Waals surface area contributed by atoms with E-state index in [4.69, 9.17) is 0 Å². The third kappa shape index (κ3) is 5.57. The second kappa shape index (κ2) is 10.6. The van der Waals surface area contributed by atoms with E-state index in [9.17, 15) is 27.9 Å². The molecule has 0 aromatic heterocycles. The van der Waals surface area contributed by atoms with Crippen molar-refractivity contribution in [2.24, 2.45) is 5.92 Å². The second-order valence-electron chi connectivity index (χ2n) is 9.90. The van der Waals surface area contributed by atoms with Crippen molar-refractivity contribution in [3.63, 3.8) is 0 Å². The van der Waals surface area contributed by atoms with Crippen molar-refractivity contribution in [2.75, 3.05) is 19.6 Å². The number of amides is 2. The van der Waals surface area contributed by atoms with Crippen molar-refractivity contribution in [1.29, 1.82) is 0 Å². The maximum Gasteiger partial charge on any atom is 0.416 e. The van der Waals surface area contributed by atoms with E-state index in [1.165, 1.54) is 17.2 Å². The maximum atomic E-state index is 12.9. The molecule has 194 valence electrons. The van der Waals surface area contributed by atoms with Crippen LogP contribution in [0.5, 0.6) is 0 Å². The number of carbonyl (C=O) groups is 2. The molecule has 1 aliphatic heterocycles. The third-order valence-electron chi connectivity index (χ3n) is 7.67. The Labute approximate surface area is 208 Å². The number of β-amino-alcohol motifs (C(OH)–C–C–N with tert-alkyl or cyclic N) is 1. The number of rotatable bonds is 6. The van der Waals surface area contributed by atoms with Gasteiger partial charge in [-0.2, -0.15) is 13.2 Å². The number of aliphatic hydroxyl groups is 1. The molecule has 2 aliphatic rings. The van der Waals surface area contributed by atoms with E-state index in [0.717, 1.165) is 43.9 Å². The Bertz CT molecular complexity index is 1100. The van der Waals surface area contributed by atoms with Crippen LogP contribution in [-0.2, 0) is 11.0 Å². The van der Waals surface area contributed by atoms with E-state index < -0.39 is 41.7 Å². The normalized spacial score (nSPS) is 26.4. The molecule has 0 spiro atoms. The number of aliphatic hydroxyl groups excluding tert-OH is 1. The molecule has 1 saturated heterocycles. The van der Waals surface area contributed by atoms with Crippen LogP contribution in [0.1, 0.15) is 58.6 Å². The number of alkyl halides is 3. The molecule has 0 unspecified atom stereocenters. The number of aryl methyl sites for hydroxylation is 1. The summed E-state index contributed by atoms with van der Waals surface area (Å²) in [6.45, 7) is 2.49. The number of nitrogens with one attached hydrogen (secondary N) is 3. The van der Waals surface area contributed by atoms with Crippen molar-refractivity contribution in [1.82, 2.24) is 16.0 Å². The number of hydrogen-bond acceptors (Lipinski definition) is 4. The second-order valence-corrected chi connectivity index (χ2v) is 9.90. The van der Waals surface area contributed by atoms with Gasteiger partial charge in [-0.05, 0) is 73.8 Å². The first kappa shape index (κ1) is 26.2. The maximum absolute atomic E-state index is 12.9. The number of halogens is 3. The zero-order chi connectivity index (χ0) is 25.9. The van der Waals surface area contributed by atoms with Gasteiger partial charge in [0.05, 0.1) is 23.8 Å². The Hall–Kier alpha value is -2.91. The minimum atomic E-state index is -4.57. The van der Waals surface area contributed by atoms with Crippen LogP contribution in [0.2, 0.25) is 0 Å². The largest absolute Gasteiger partial charge is 0.416 e. The average molecular weight is 504 g/mol. The van der Waals surface area contributed by atoms with Gasteiger partial charge in [-0.3, -0.25) is 9.59 Å². The lowest BCUT2D eigenvalue weighted by Crippen LogP contribution is -2.63. The molecule has 2 atom stereocenters. The summed E-state index contributed by atoms with van der Waals surface area (Å²) in [5.74, 6) is -0.757. The molecule has 2 aromatic rings. The molecule has 4 N–H and O–H groups in total. The van der Waals surface area contributed by atoms with Crippen LogP contribution in [0.25, 0.3) is 0 Å². The average Bonchev–Trinajstić information content (AvgIpc) is 3.23. The molecular formula is C27H32F3N3O3. The highest BCUT2D eigenvalue weighted by Gasteiger charge is 2.50. The van der Waals surface area contributed by atoms with Gasteiger partial charge < -0.3 is 21.1 Å². The summed E-state index contributed by atoms with van der Waals surface area (Å²) in [6, 6.07) is 12.4. The zero-order valence-electron chi connectivity index (χ0n) is 20.2. The van der Waals surface area contributed by atoms with Crippen LogP contribution in [-0.4, -0.2) is 48.2 Å². The molecule has 0 radical (unpaired) electrons. The Morgan fingerprint density at radius 2 is 1.81 bits per heavy atom. The van der Waals surface area contributed by atoms with E-state index in [-0.39, 0.29) is 11.5 Å². The topological polar surface area (TPSA) is 90.5 Å². The lowest BCUT2D eigenvalue weighted by molar-refractivity contribution is -0.137. The number of benzene rings is 2. The first-order valence-corrected chi connectivity index (χ1v) is 12.3. The highest BCUT2D eigenvalue weighted by molar-refractivity contribution is 5.96. The lowest BCUT2D eigenvalue weighted by Gasteiger charge is -2.44. The van der Waals surface area contributed by atoms with E-state index in [1.54, 1.807) is 0 Å². The summed E-state index contributed by atoms with van der Waals surface area (Å²) < 4.78 is 38.8. The van der Waals surface area contributed by atoms with Crippen molar-refractivity contribution in [3.8, 4) is 0 Å². The lowest BCUT2D eigenvalue weighted by atomic mass is 9.68. The van der Waals surface area contributed by atoms with Crippen LogP contribution < -0.4 is 16.0 Å². The fourth-order valence-corrected chi connectivity index (χ4v) is 5.73. The molecular weight excluding hydrogens is 471 g/mol. The first-order chi connectivity index (χ1) is 17.1. The monoisotopic (exact) mass is 503 g/mol. The Morgan fingerprint density at radius 3 is 2.44 bits per heavy atom. The summed E-state index contributed by atoms with van der Waals surface area (Å²) in [5.41, 5.74) is 0.651. The van der Waals surface area contributed by atoms with Crippen molar-refractivity contribution >= 4 is 11.8 Å². The Kier molecular flexibility index (Phi) is 7.70. The molecule has 0 bridgehead atoms. The quantitative estimate of drug-likeness (QED) is 0.486. The predicted molar refractivity (Wildman–Crippen MR) is 129 cm³/mol. The van der Waals surface area contributed by atoms with Gasteiger partial charge >= 0.3 is 6.18 Å². The summed E-state index contributed by atoms with van der Waals surface area (Å²) >= 11 is 0. The zero-order valence-corrected chi connectivity index (χ0v) is 20.2. The third-order valence-corrected chi connectivity index (χ3v) is 7.67. The van der Waals surface area contributed by atoms with E-state index in [2.05, 4.69) is 41.1 Å². The summed E-state index contributed by atoms with van der Waals surface area (Å²) in [5, 5.41) is 19.4. The van der Waals surface area contributed by atoms with Crippen LogP contribution in [0.15, 0.2) is 48.5 Å². The molecule has 1 saturated carbocycles. The van der Waals surface area contributed by atoms with Crippen molar-refractivity contribution < 1.29 is 27.9 Å². The minimum absolute atomic E-state index is 0.0610. The molecule has 2 amide bonds. The van der Waals surface area contributed by atoms with Gasteiger partial charge in [0.1, 0.15) is 0 Å². The van der Waals surface area contributed by atoms with Crippen LogP contribution in [0, 0.1) is 12.8 Å². The van der Waals surface area contributed by atoms with E-state index in [1.807, 2.05) is 6.07 Å². The summed E-state index contributed by atoms with van der Waals surface area (Å²) in [7, 11) is 0. The van der Waals surface area contributed by atoms with Gasteiger partial charge in [-0.15, -0.1) is 0 Å². The van der Waals surface area contributed by atoms with Crippen LogP contribution >= 0.6 is 0 Å². The number of hydrogen-bond donors (Lipinski definition) is 4. The van der Waals surface area contributed by atoms with Crippen LogP contribution in [0.4, 0.5) is 13.2 Å². The fourth-order valence-electron chi connectivity index (χ4n) is 5.73. The molecule has 1 aliphatic carbocycles. The minimum Gasteiger partial charge on any atom is -0.389 e. The number of carbonyl (C=O) groups excluding carboxylic acids is 2. The highest BCUT2D eigenvalue weighted by atomic mass is 19.4. The van der Waals surface area contributed by atoms with Gasteiger partial charge in [0, 0.05) is 18.7 Å². The molecule has 36 heavy (non-hydrogen) atoms. The van der Waals surface area contributed by atoms with Crippen molar-refractivity contribution in [3.05, 3.63) is 70.8 Å². The van der Waals surface area contributed by atoms with Crippen molar-refractivity contribution in [2.45, 2.75) is 56.3 Å². The highest BCUT2D eigenvalue weighted by Crippen LogP contribution is 2.42. The van der Waals surface area contributed by atoms with Gasteiger partial charge in [-0.25, -0.2) is 0 Å². The van der Waals surface area contributed by atoms with Gasteiger partial charge in [0.25, 0.3) is 5.91 Å². The molecule has 2 aromatic carbocycles. The fraction of sp³-hybridized carbons (Fsp3) is 0.481. The van der Waals surface area contributed by atoms with Crippen LogP contribution in [0.3, 0.4) is 0 Å². The first-order valence-electron chi connectivity index (χ1n) is 12.3. The summed E-state index contributed by atoms with van der Waals surface area (Å²) in [6.07, 6.45) is -1.76. The molecule has 6 nitrogen and oxygen atoms in total. The molecule has 4 rings (SSSR count). The van der Waals surface area contributed by atoms with E-state index in [0.29, 0.717) is 19.0 Å². The summed E-state index contributed by atoms with van der Waals surface area (Å²) in [4.78, 5) is 25.2. The standard InChI is InChI=1S/C27H32F3N3O3/c1-17-5-2-3-8-22(17)18-9-11-20(12-10-18)26(16-31-14-23(26)34)33-24(35)15-32-25(36)19-6-4-7-21(13-19)27(28,29)30/h2-8,13,18,20,23,31,34H,9-12,14-16H2,1H3,(H,32,36)(H,33,35)/t18?,20?,23-,26+/m0/s1. The molecule has 2 fully saturated rings. The van der Waals surface area contributed by atoms with Gasteiger partial charge in [0.2, 0.25) is 5.91 Å². The predicted octanol–water partition coefficient (Wildman–Crippen LogP) is 3.54. The molecule has 1 heterocycles. The van der Waals surface area contributed by atoms with E-state index >= 15 is 0 Å². The Morgan fingerprint density at radius 1 is 1.08 bits per heavy atom. The smallest absolute Gasteiger partial charge is 0.389 e.